The molecule has 17 heavy (non-hydrogen) atoms. The Morgan fingerprint density at radius 3 is 2.65 bits per heavy atom. The largest absolute Gasteiger partial charge is 0.290 e. The molecule has 4 heteroatoms. The van der Waals surface area contributed by atoms with Gasteiger partial charge in [-0.2, -0.15) is 10.2 Å². The average Bonchev–Trinajstić information content (AvgIpc) is 2.38. The topological polar surface area (TPSA) is 53.8 Å². The first-order chi connectivity index (χ1) is 8.26. The van der Waals surface area contributed by atoms with Gasteiger partial charge in [-0.05, 0) is 6.42 Å². The van der Waals surface area contributed by atoms with E-state index in [1.807, 2.05) is 43.3 Å². The molecule has 84 valence electrons. The van der Waals surface area contributed by atoms with Crippen molar-refractivity contribution in [3.05, 3.63) is 51.1 Å². The van der Waals surface area contributed by atoms with Crippen LogP contribution in [0.15, 0.2) is 35.1 Å². The van der Waals surface area contributed by atoms with Crippen molar-refractivity contribution in [3.8, 4) is 16.6 Å². The van der Waals surface area contributed by atoms with Gasteiger partial charge in [0.15, 0.2) is 0 Å². The minimum Gasteiger partial charge on any atom is -0.266 e. The van der Waals surface area contributed by atoms with Crippen molar-refractivity contribution in [2.75, 3.05) is 0 Å². The maximum absolute atomic E-state index is 11.7. The Bertz CT molecular complexity index is 626. The highest BCUT2D eigenvalue weighted by Gasteiger charge is 2.10. The molecule has 0 fully saturated rings. The second kappa shape index (κ2) is 4.89. The molecular formula is C13H10N2OS. The highest BCUT2D eigenvalue weighted by atomic mass is 32.1. The van der Waals surface area contributed by atoms with Gasteiger partial charge in [-0.1, -0.05) is 37.3 Å². The summed E-state index contributed by atoms with van der Waals surface area (Å²) in [5, 5.41) is 9.58. The molecule has 0 unspecified atom stereocenters. The van der Waals surface area contributed by atoms with E-state index >= 15 is 0 Å². The summed E-state index contributed by atoms with van der Waals surface area (Å²) in [7, 11) is 0. The van der Waals surface area contributed by atoms with Crippen LogP contribution in [-0.4, -0.2) is 4.98 Å². The van der Waals surface area contributed by atoms with Crippen LogP contribution < -0.4 is 5.56 Å². The number of aromatic nitrogens is 1. The number of nitriles is 1. The van der Waals surface area contributed by atoms with E-state index in [1.165, 1.54) is 11.3 Å². The van der Waals surface area contributed by atoms with Gasteiger partial charge in [0.25, 0.3) is 5.56 Å². The molecule has 1 aromatic heterocycles. The highest BCUT2D eigenvalue weighted by molar-refractivity contribution is 7.14. The number of hydrogen-bond donors (Lipinski definition) is 0. The summed E-state index contributed by atoms with van der Waals surface area (Å²) in [6.45, 7) is 1.93. The van der Waals surface area contributed by atoms with Crippen LogP contribution in [0, 0.1) is 11.3 Å². The molecule has 1 heterocycles. The molecule has 0 aliphatic carbocycles. The van der Waals surface area contributed by atoms with Gasteiger partial charge < -0.3 is 0 Å². The van der Waals surface area contributed by atoms with Gasteiger partial charge >= 0.3 is 0 Å². The third-order valence-corrected chi connectivity index (χ3v) is 3.63. The molecule has 0 atom stereocenters. The van der Waals surface area contributed by atoms with Crippen LogP contribution in [0.5, 0.6) is 0 Å². The molecular weight excluding hydrogens is 232 g/mol. The molecule has 0 amide bonds. The van der Waals surface area contributed by atoms with Crippen molar-refractivity contribution in [2.24, 2.45) is 0 Å². The highest BCUT2D eigenvalue weighted by Crippen LogP contribution is 2.23. The maximum Gasteiger partial charge on any atom is 0.290 e. The second-order valence-electron chi connectivity index (χ2n) is 3.45. The quantitative estimate of drug-likeness (QED) is 0.813. The smallest absolute Gasteiger partial charge is 0.266 e. The summed E-state index contributed by atoms with van der Waals surface area (Å²) in [5.74, 6) is 0. The van der Waals surface area contributed by atoms with Gasteiger partial charge in [0.1, 0.15) is 16.6 Å². The Hall–Kier alpha value is -1.99. The van der Waals surface area contributed by atoms with Crippen molar-refractivity contribution in [2.45, 2.75) is 13.3 Å². The van der Waals surface area contributed by atoms with E-state index in [2.05, 4.69) is 4.98 Å². The summed E-state index contributed by atoms with van der Waals surface area (Å²) in [5.41, 5.74) is 0.660. The minimum atomic E-state index is -0.429. The molecule has 0 aliphatic rings. The van der Waals surface area contributed by atoms with Crippen LogP contribution in [0.1, 0.15) is 17.4 Å². The normalized spacial score (nSPS) is 9.88. The Labute approximate surface area is 103 Å². The maximum atomic E-state index is 11.7. The predicted molar refractivity (Wildman–Crippen MR) is 67.9 cm³/mol. The molecule has 0 saturated heterocycles. The summed E-state index contributed by atoms with van der Waals surface area (Å²) in [6, 6.07) is 11.5. The fourth-order valence-electron chi connectivity index (χ4n) is 1.52. The molecule has 2 rings (SSSR count). The van der Waals surface area contributed by atoms with Crippen LogP contribution in [0.25, 0.3) is 10.6 Å². The number of hydrogen-bond acceptors (Lipinski definition) is 4. The number of rotatable bonds is 2. The predicted octanol–water partition coefficient (Wildman–Crippen LogP) is 2.60. The fourth-order valence-corrected chi connectivity index (χ4v) is 2.52. The van der Waals surface area contributed by atoms with Gasteiger partial charge in [-0.25, -0.2) is 0 Å². The molecule has 3 nitrogen and oxygen atoms in total. The van der Waals surface area contributed by atoms with Crippen molar-refractivity contribution < 1.29 is 0 Å². The summed E-state index contributed by atoms with van der Waals surface area (Å²) in [6.07, 6.45) is 0.672. The van der Waals surface area contributed by atoms with Crippen molar-refractivity contribution in [1.29, 1.82) is 5.26 Å². The average molecular weight is 242 g/mol. The summed E-state index contributed by atoms with van der Waals surface area (Å²) >= 11 is 1.41. The lowest BCUT2D eigenvalue weighted by atomic mass is 10.2. The lowest BCUT2D eigenvalue weighted by Gasteiger charge is -2.02. The number of aryl methyl sites for hydroxylation is 1. The van der Waals surface area contributed by atoms with Crippen molar-refractivity contribution in [1.82, 2.24) is 4.98 Å². The zero-order chi connectivity index (χ0) is 12.3. The Morgan fingerprint density at radius 2 is 2.06 bits per heavy atom. The molecule has 1 aromatic carbocycles. The Kier molecular flexibility index (Phi) is 3.31. The van der Waals surface area contributed by atoms with Gasteiger partial charge in [-0.15, -0.1) is 11.3 Å². The standard InChI is InChI=1S/C13H10N2OS/c1-2-11-10(8-14)12(16)15-13(17-11)9-6-4-3-5-7-9/h3-7H,2H2,1H3. The second-order valence-corrected chi connectivity index (χ2v) is 4.54. The summed E-state index contributed by atoms with van der Waals surface area (Å²) in [4.78, 5) is 16.5. The SMILES string of the molecule is CCc1sc(-c2ccccc2)nc(=O)c1C#N. The van der Waals surface area contributed by atoms with Crippen LogP contribution in [0.3, 0.4) is 0 Å². The zero-order valence-corrected chi connectivity index (χ0v) is 10.1. The molecule has 0 spiro atoms. The van der Waals surface area contributed by atoms with E-state index in [9.17, 15) is 4.79 Å². The lowest BCUT2D eigenvalue weighted by Crippen LogP contribution is -2.12. The van der Waals surface area contributed by atoms with E-state index in [4.69, 9.17) is 5.26 Å². The molecule has 0 radical (unpaired) electrons. The number of benzene rings is 1. The van der Waals surface area contributed by atoms with E-state index in [1.54, 1.807) is 0 Å². The molecule has 0 saturated carbocycles. The lowest BCUT2D eigenvalue weighted by molar-refractivity contribution is 1.13. The Balaban J connectivity index is 2.64. The molecule has 2 aromatic rings. The zero-order valence-electron chi connectivity index (χ0n) is 9.30. The number of nitrogens with zero attached hydrogens (tertiary/aromatic N) is 2. The third kappa shape index (κ3) is 2.24. The fraction of sp³-hybridized carbons (Fsp3) is 0.154. The van der Waals surface area contributed by atoms with Crippen molar-refractivity contribution in [3.63, 3.8) is 0 Å². The first kappa shape index (κ1) is 11.5. The monoisotopic (exact) mass is 242 g/mol. The van der Waals surface area contributed by atoms with Crippen LogP contribution >= 0.6 is 11.3 Å². The third-order valence-electron chi connectivity index (χ3n) is 2.37. The molecule has 0 bridgehead atoms. The van der Waals surface area contributed by atoms with Crippen LogP contribution in [0.4, 0.5) is 0 Å². The van der Waals surface area contributed by atoms with Crippen LogP contribution in [-0.2, 0) is 6.42 Å². The molecule has 0 N–H and O–H groups in total. The van der Waals surface area contributed by atoms with E-state index < -0.39 is 5.56 Å². The van der Waals surface area contributed by atoms with E-state index in [0.29, 0.717) is 11.4 Å². The first-order valence-corrected chi connectivity index (χ1v) is 6.07. The Morgan fingerprint density at radius 1 is 1.35 bits per heavy atom. The van der Waals surface area contributed by atoms with Gasteiger partial charge in [-0.3, -0.25) is 4.79 Å². The van der Waals surface area contributed by atoms with Crippen molar-refractivity contribution >= 4 is 11.3 Å². The van der Waals surface area contributed by atoms with Crippen LogP contribution in [0.2, 0.25) is 0 Å². The summed E-state index contributed by atoms with van der Waals surface area (Å²) < 4.78 is 0. The van der Waals surface area contributed by atoms with E-state index in [0.717, 1.165) is 10.4 Å². The molecule has 0 aliphatic heterocycles. The minimum absolute atomic E-state index is 0.178. The van der Waals surface area contributed by atoms with Gasteiger partial charge in [0, 0.05) is 10.4 Å². The first-order valence-electron chi connectivity index (χ1n) is 5.25. The van der Waals surface area contributed by atoms with E-state index in [-0.39, 0.29) is 5.56 Å². The van der Waals surface area contributed by atoms with Gasteiger partial charge in [0.05, 0.1) is 0 Å². The van der Waals surface area contributed by atoms with Gasteiger partial charge in [0.2, 0.25) is 0 Å².